The Balaban J connectivity index is 1.87. The van der Waals surface area contributed by atoms with Gasteiger partial charge in [-0.2, -0.15) is 18.2 Å². The maximum absolute atomic E-state index is 12.4. The summed E-state index contributed by atoms with van der Waals surface area (Å²) in [4.78, 5) is 11.6. The lowest BCUT2D eigenvalue weighted by molar-refractivity contribution is -0.159. The van der Waals surface area contributed by atoms with Crippen LogP contribution in [0.15, 0.2) is 16.9 Å². The topological polar surface area (TPSA) is 76.7 Å². The Bertz CT molecular complexity index is 621. The van der Waals surface area contributed by atoms with E-state index >= 15 is 0 Å². The van der Waals surface area contributed by atoms with E-state index in [9.17, 15) is 13.2 Å². The highest BCUT2D eigenvalue weighted by molar-refractivity contribution is 5.46. The zero-order valence-electron chi connectivity index (χ0n) is 10.9. The van der Waals surface area contributed by atoms with Crippen LogP contribution in [0.3, 0.4) is 0 Å². The lowest BCUT2D eigenvalue weighted by atomic mass is 9.96. The summed E-state index contributed by atoms with van der Waals surface area (Å²) in [5.74, 6) is -1.40. The van der Waals surface area contributed by atoms with E-state index in [1.807, 2.05) is 0 Å². The van der Waals surface area contributed by atoms with Gasteiger partial charge in [-0.05, 0) is 19.4 Å². The number of hydrogen-bond acceptors (Lipinski definition) is 6. The molecule has 1 aliphatic heterocycles. The Morgan fingerprint density at radius 1 is 1.24 bits per heavy atom. The minimum atomic E-state index is -4.66. The van der Waals surface area contributed by atoms with Crippen molar-refractivity contribution >= 4 is 0 Å². The number of halogens is 3. The summed E-state index contributed by atoms with van der Waals surface area (Å²) in [5, 5.41) is 6.57. The standard InChI is InChI=1S/C12H12F3N5O/c13-12(14,15)11-19-10(20-21-11)9-6-17-5-8(18-9)7-2-1-3-16-4-7/h5-7,16H,1-4H2. The summed E-state index contributed by atoms with van der Waals surface area (Å²) in [7, 11) is 0. The van der Waals surface area contributed by atoms with Gasteiger partial charge in [0.15, 0.2) is 0 Å². The second kappa shape index (κ2) is 5.40. The van der Waals surface area contributed by atoms with Gasteiger partial charge in [0.1, 0.15) is 5.69 Å². The largest absolute Gasteiger partial charge is 0.471 e. The zero-order chi connectivity index (χ0) is 14.9. The van der Waals surface area contributed by atoms with E-state index in [1.165, 1.54) is 6.20 Å². The molecule has 2 aromatic rings. The highest BCUT2D eigenvalue weighted by Crippen LogP contribution is 2.29. The van der Waals surface area contributed by atoms with Crippen molar-refractivity contribution in [1.29, 1.82) is 0 Å². The first-order valence-electron chi connectivity index (χ1n) is 6.48. The fourth-order valence-electron chi connectivity index (χ4n) is 2.23. The fourth-order valence-corrected chi connectivity index (χ4v) is 2.23. The second-order valence-corrected chi connectivity index (χ2v) is 4.79. The first-order chi connectivity index (χ1) is 10.0. The molecule has 0 amide bonds. The number of aromatic nitrogens is 4. The molecule has 0 aliphatic carbocycles. The molecule has 1 atom stereocenters. The van der Waals surface area contributed by atoms with Crippen LogP contribution >= 0.6 is 0 Å². The summed E-state index contributed by atoms with van der Waals surface area (Å²) in [5.41, 5.74) is 0.899. The van der Waals surface area contributed by atoms with Crippen molar-refractivity contribution in [3.05, 3.63) is 24.0 Å². The highest BCUT2D eigenvalue weighted by atomic mass is 19.4. The van der Waals surface area contributed by atoms with Crippen LogP contribution in [0.25, 0.3) is 11.5 Å². The molecule has 0 bridgehead atoms. The normalized spacial score (nSPS) is 19.7. The fraction of sp³-hybridized carbons (Fsp3) is 0.500. The minimum Gasteiger partial charge on any atom is -0.329 e. The Hall–Kier alpha value is -2.03. The van der Waals surface area contributed by atoms with Crippen LogP contribution in [0.5, 0.6) is 0 Å². The second-order valence-electron chi connectivity index (χ2n) is 4.79. The van der Waals surface area contributed by atoms with E-state index < -0.39 is 12.1 Å². The Labute approximate surface area is 117 Å². The number of nitrogens with one attached hydrogen (secondary N) is 1. The number of alkyl halides is 3. The van der Waals surface area contributed by atoms with Gasteiger partial charge in [-0.25, -0.2) is 4.98 Å². The number of nitrogens with zero attached hydrogens (tertiary/aromatic N) is 4. The van der Waals surface area contributed by atoms with Crippen LogP contribution in [0, 0.1) is 0 Å². The molecule has 2 aromatic heterocycles. The van der Waals surface area contributed by atoms with Gasteiger partial charge in [-0.15, -0.1) is 0 Å². The van der Waals surface area contributed by atoms with Gasteiger partial charge in [0.05, 0.1) is 11.9 Å². The van der Waals surface area contributed by atoms with Crippen LogP contribution in [-0.2, 0) is 6.18 Å². The molecule has 9 heteroatoms. The Morgan fingerprint density at radius 3 is 2.76 bits per heavy atom. The molecular weight excluding hydrogens is 287 g/mol. The predicted octanol–water partition coefficient (Wildman–Crippen LogP) is 2.01. The number of piperidine rings is 1. The van der Waals surface area contributed by atoms with Crippen molar-refractivity contribution in [2.24, 2.45) is 0 Å². The third-order valence-corrected chi connectivity index (χ3v) is 3.27. The summed E-state index contributed by atoms with van der Waals surface area (Å²) in [6.07, 6.45) is 0.266. The van der Waals surface area contributed by atoms with Gasteiger partial charge in [0, 0.05) is 18.7 Å². The number of hydrogen-bond donors (Lipinski definition) is 1. The molecule has 0 spiro atoms. The van der Waals surface area contributed by atoms with E-state index in [-0.39, 0.29) is 17.4 Å². The van der Waals surface area contributed by atoms with Crippen LogP contribution in [0.1, 0.15) is 30.3 Å². The molecular formula is C12H12F3N5O. The van der Waals surface area contributed by atoms with Crippen molar-refractivity contribution in [2.45, 2.75) is 24.9 Å². The van der Waals surface area contributed by atoms with E-state index in [0.717, 1.165) is 31.6 Å². The summed E-state index contributed by atoms with van der Waals surface area (Å²) < 4.78 is 41.5. The lowest BCUT2D eigenvalue weighted by Crippen LogP contribution is -2.28. The SMILES string of the molecule is FC(F)(F)c1nc(-c2cncc(C3CCCNC3)n2)no1. The van der Waals surface area contributed by atoms with Crippen LogP contribution in [0.4, 0.5) is 13.2 Å². The van der Waals surface area contributed by atoms with E-state index in [0.29, 0.717) is 0 Å². The smallest absolute Gasteiger partial charge is 0.329 e. The van der Waals surface area contributed by atoms with Crippen molar-refractivity contribution in [3.8, 4) is 11.5 Å². The average Bonchev–Trinajstić information content (AvgIpc) is 2.98. The Kier molecular flexibility index (Phi) is 3.58. The zero-order valence-corrected chi connectivity index (χ0v) is 10.9. The molecule has 1 fully saturated rings. The molecule has 1 unspecified atom stereocenters. The predicted molar refractivity (Wildman–Crippen MR) is 65.2 cm³/mol. The van der Waals surface area contributed by atoms with E-state index in [2.05, 4.69) is 29.9 Å². The molecule has 112 valence electrons. The Morgan fingerprint density at radius 2 is 2.10 bits per heavy atom. The van der Waals surface area contributed by atoms with Gasteiger partial charge in [0.2, 0.25) is 5.82 Å². The molecule has 21 heavy (non-hydrogen) atoms. The van der Waals surface area contributed by atoms with E-state index in [1.54, 1.807) is 6.20 Å². The van der Waals surface area contributed by atoms with Gasteiger partial charge >= 0.3 is 12.1 Å². The van der Waals surface area contributed by atoms with Crippen molar-refractivity contribution in [1.82, 2.24) is 25.4 Å². The lowest BCUT2D eigenvalue weighted by Gasteiger charge is -2.21. The van der Waals surface area contributed by atoms with Gasteiger partial charge in [-0.1, -0.05) is 5.16 Å². The summed E-state index contributed by atoms with van der Waals surface area (Å²) in [6, 6.07) is 0. The summed E-state index contributed by atoms with van der Waals surface area (Å²) >= 11 is 0. The quantitative estimate of drug-likeness (QED) is 0.914. The molecule has 1 aliphatic rings. The monoisotopic (exact) mass is 299 g/mol. The van der Waals surface area contributed by atoms with Gasteiger partial charge in [-0.3, -0.25) is 4.98 Å². The average molecular weight is 299 g/mol. The molecule has 0 radical (unpaired) electrons. The minimum absolute atomic E-state index is 0.178. The molecule has 1 saturated heterocycles. The summed E-state index contributed by atoms with van der Waals surface area (Å²) in [6.45, 7) is 1.74. The number of rotatable bonds is 2. The van der Waals surface area contributed by atoms with E-state index in [4.69, 9.17) is 0 Å². The van der Waals surface area contributed by atoms with Gasteiger partial charge < -0.3 is 9.84 Å². The molecule has 0 saturated carbocycles. The molecule has 3 rings (SSSR count). The maximum Gasteiger partial charge on any atom is 0.471 e. The van der Waals surface area contributed by atoms with Crippen molar-refractivity contribution in [3.63, 3.8) is 0 Å². The molecule has 3 heterocycles. The first kappa shape index (κ1) is 13.9. The third kappa shape index (κ3) is 3.02. The van der Waals surface area contributed by atoms with Crippen molar-refractivity contribution in [2.75, 3.05) is 13.1 Å². The molecule has 0 aromatic carbocycles. The third-order valence-electron chi connectivity index (χ3n) is 3.27. The van der Waals surface area contributed by atoms with Crippen LogP contribution < -0.4 is 5.32 Å². The molecule has 1 N–H and O–H groups in total. The highest BCUT2D eigenvalue weighted by Gasteiger charge is 2.38. The van der Waals surface area contributed by atoms with Crippen LogP contribution in [-0.4, -0.2) is 33.2 Å². The van der Waals surface area contributed by atoms with Crippen molar-refractivity contribution < 1.29 is 17.7 Å². The first-order valence-corrected chi connectivity index (χ1v) is 6.48. The molecule has 6 nitrogen and oxygen atoms in total. The maximum atomic E-state index is 12.4. The van der Waals surface area contributed by atoms with Gasteiger partial charge in [0.25, 0.3) is 0 Å². The van der Waals surface area contributed by atoms with Crippen LogP contribution in [0.2, 0.25) is 0 Å².